The molecule has 1 aromatic rings. The molecule has 0 aliphatic heterocycles. The van der Waals surface area contributed by atoms with Crippen molar-refractivity contribution in [3.8, 4) is 0 Å². The summed E-state index contributed by atoms with van der Waals surface area (Å²) in [6, 6.07) is 4.25. The second-order valence-electron chi connectivity index (χ2n) is 2.98. The molecule has 2 N–H and O–H groups in total. The van der Waals surface area contributed by atoms with Crippen LogP contribution in [-0.2, 0) is 0 Å². The Morgan fingerprint density at radius 1 is 1.56 bits per heavy atom. The predicted molar refractivity (Wildman–Crippen MR) is 68.1 cm³/mol. The molecule has 1 aromatic carbocycles. The second kappa shape index (κ2) is 5.91. The Morgan fingerprint density at radius 3 is 2.81 bits per heavy atom. The van der Waals surface area contributed by atoms with E-state index in [9.17, 15) is 9.18 Å². The van der Waals surface area contributed by atoms with Crippen LogP contribution in [0.2, 0.25) is 0 Å². The highest BCUT2D eigenvalue weighted by Crippen LogP contribution is 2.16. The molecule has 0 bridgehead atoms. The summed E-state index contributed by atoms with van der Waals surface area (Å²) in [7, 11) is 1.65. The van der Waals surface area contributed by atoms with Crippen LogP contribution in [0.3, 0.4) is 0 Å². The minimum Gasteiger partial charge on any atom is -0.366 e. The van der Waals surface area contributed by atoms with Gasteiger partial charge in [-0.2, -0.15) is 0 Å². The second-order valence-corrected chi connectivity index (χ2v) is 4.25. The summed E-state index contributed by atoms with van der Waals surface area (Å²) in [5.74, 6) is -0.675. The molecule has 0 spiro atoms. The number of carbonyl (C=O) groups is 1. The molecule has 16 heavy (non-hydrogen) atoms. The zero-order valence-electron chi connectivity index (χ0n) is 8.51. The fraction of sp³-hybridized carbons (Fsp3) is 0.200. The van der Waals surface area contributed by atoms with Crippen LogP contribution in [-0.4, -0.2) is 24.5 Å². The number of hydrogen-bond acceptors (Lipinski definition) is 2. The zero-order valence-corrected chi connectivity index (χ0v) is 10.9. The van der Waals surface area contributed by atoms with Gasteiger partial charge in [0.1, 0.15) is 5.82 Å². The molecular weight excluding hydrogens is 295 g/mol. The van der Waals surface area contributed by atoms with Gasteiger partial charge in [0.15, 0.2) is 10.9 Å². The summed E-state index contributed by atoms with van der Waals surface area (Å²) in [6.07, 6.45) is 0. The molecule has 0 amide bonds. The number of Topliss-reactive ketones (excluding diaryl/α,β-unsaturated/α-hetero) is 1. The standard InChI is InChI=1S/C10H10BrFN2OS/c1-13-10(16)14-5-9(15)6-2-3-7(11)8(12)4-6/h2-4H,5H2,1H3,(H2,13,14,16). The number of rotatable bonds is 3. The maximum absolute atomic E-state index is 13.1. The molecular formula is C10H10BrFN2OS. The van der Waals surface area contributed by atoms with Crippen LogP contribution in [0.4, 0.5) is 4.39 Å². The van der Waals surface area contributed by atoms with Crippen LogP contribution < -0.4 is 10.6 Å². The molecule has 86 valence electrons. The minimum absolute atomic E-state index is 0.0424. The van der Waals surface area contributed by atoms with Crippen LogP contribution in [0.5, 0.6) is 0 Å². The molecule has 0 saturated carbocycles. The molecule has 1 rings (SSSR count). The van der Waals surface area contributed by atoms with E-state index in [0.717, 1.165) is 0 Å². The van der Waals surface area contributed by atoms with Crippen molar-refractivity contribution in [1.82, 2.24) is 10.6 Å². The summed E-state index contributed by atoms with van der Waals surface area (Å²) in [6.45, 7) is 0.0424. The first kappa shape index (κ1) is 13.1. The maximum Gasteiger partial charge on any atom is 0.182 e. The van der Waals surface area contributed by atoms with Gasteiger partial charge in [-0.15, -0.1) is 0 Å². The zero-order chi connectivity index (χ0) is 12.1. The first-order valence-corrected chi connectivity index (χ1v) is 5.68. The van der Waals surface area contributed by atoms with Gasteiger partial charge in [0.2, 0.25) is 0 Å². The van der Waals surface area contributed by atoms with E-state index in [-0.39, 0.29) is 12.3 Å². The molecule has 6 heteroatoms. The lowest BCUT2D eigenvalue weighted by Gasteiger charge is -2.06. The molecule has 0 aliphatic carbocycles. The van der Waals surface area contributed by atoms with Gasteiger partial charge in [-0.25, -0.2) is 4.39 Å². The Morgan fingerprint density at radius 2 is 2.25 bits per heavy atom. The molecule has 0 atom stereocenters. The van der Waals surface area contributed by atoms with E-state index >= 15 is 0 Å². The normalized spacial score (nSPS) is 9.69. The van der Waals surface area contributed by atoms with Crippen LogP contribution in [0.1, 0.15) is 10.4 Å². The third kappa shape index (κ3) is 3.53. The number of benzene rings is 1. The Balaban J connectivity index is 2.66. The monoisotopic (exact) mass is 304 g/mol. The fourth-order valence-corrected chi connectivity index (χ4v) is 1.34. The molecule has 0 aromatic heterocycles. The topological polar surface area (TPSA) is 41.1 Å². The quantitative estimate of drug-likeness (QED) is 0.661. The summed E-state index contributed by atoms with van der Waals surface area (Å²) in [5, 5.41) is 5.76. The Kier molecular flexibility index (Phi) is 4.82. The van der Waals surface area contributed by atoms with Crippen molar-refractivity contribution in [3.05, 3.63) is 34.1 Å². The molecule has 0 unspecified atom stereocenters. The summed E-state index contributed by atoms with van der Waals surface area (Å²) >= 11 is 7.83. The number of thiocarbonyl (C=S) groups is 1. The number of ketones is 1. The molecule has 0 aliphatic rings. The van der Waals surface area contributed by atoms with Crippen LogP contribution in [0, 0.1) is 5.82 Å². The van der Waals surface area contributed by atoms with Crippen molar-refractivity contribution < 1.29 is 9.18 Å². The lowest BCUT2D eigenvalue weighted by atomic mass is 10.1. The number of nitrogens with one attached hydrogen (secondary N) is 2. The first-order chi connectivity index (χ1) is 7.54. The Labute approximate surface area is 107 Å². The van der Waals surface area contributed by atoms with Crippen molar-refractivity contribution in [3.63, 3.8) is 0 Å². The van der Waals surface area contributed by atoms with Crippen molar-refractivity contribution in [2.24, 2.45) is 0 Å². The Hall–Kier alpha value is -1.01. The third-order valence-electron chi connectivity index (χ3n) is 1.88. The minimum atomic E-state index is -0.456. The van der Waals surface area contributed by atoms with E-state index in [1.165, 1.54) is 12.1 Å². The van der Waals surface area contributed by atoms with Crippen molar-refractivity contribution in [1.29, 1.82) is 0 Å². The van der Waals surface area contributed by atoms with Crippen LogP contribution >= 0.6 is 28.1 Å². The van der Waals surface area contributed by atoms with Gasteiger partial charge in [0.25, 0.3) is 0 Å². The maximum atomic E-state index is 13.1. The fourth-order valence-electron chi connectivity index (χ4n) is 1.02. The molecule has 0 fully saturated rings. The largest absolute Gasteiger partial charge is 0.366 e. The summed E-state index contributed by atoms with van der Waals surface area (Å²) < 4.78 is 13.5. The number of halogens is 2. The summed E-state index contributed by atoms with van der Waals surface area (Å²) in [5.41, 5.74) is 0.312. The van der Waals surface area contributed by atoms with Crippen molar-refractivity contribution in [2.45, 2.75) is 0 Å². The van der Waals surface area contributed by atoms with E-state index in [0.29, 0.717) is 15.1 Å². The summed E-state index contributed by atoms with van der Waals surface area (Å²) in [4.78, 5) is 11.6. The smallest absolute Gasteiger partial charge is 0.182 e. The number of hydrogen-bond donors (Lipinski definition) is 2. The highest BCUT2D eigenvalue weighted by atomic mass is 79.9. The lowest BCUT2D eigenvalue weighted by molar-refractivity contribution is 0.0996. The highest BCUT2D eigenvalue weighted by Gasteiger charge is 2.08. The van der Waals surface area contributed by atoms with Crippen molar-refractivity contribution >= 4 is 39.0 Å². The van der Waals surface area contributed by atoms with Gasteiger partial charge in [-0.3, -0.25) is 4.79 Å². The van der Waals surface area contributed by atoms with Gasteiger partial charge in [0.05, 0.1) is 11.0 Å². The lowest BCUT2D eigenvalue weighted by Crippen LogP contribution is -2.36. The molecule has 0 saturated heterocycles. The average Bonchev–Trinajstić information content (AvgIpc) is 2.29. The molecule has 3 nitrogen and oxygen atoms in total. The van der Waals surface area contributed by atoms with E-state index in [4.69, 9.17) is 12.2 Å². The van der Waals surface area contributed by atoms with Crippen LogP contribution in [0.15, 0.2) is 22.7 Å². The van der Waals surface area contributed by atoms with E-state index in [1.807, 2.05) is 0 Å². The SMILES string of the molecule is CNC(=S)NCC(=O)c1ccc(Br)c(F)c1. The average molecular weight is 305 g/mol. The predicted octanol–water partition coefficient (Wildman–Crippen LogP) is 1.86. The van der Waals surface area contributed by atoms with Gasteiger partial charge in [0, 0.05) is 12.6 Å². The van der Waals surface area contributed by atoms with E-state index < -0.39 is 5.82 Å². The number of carbonyl (C=O) groups excluding carboxylic acids is 1. The van der Waals surface area contributed by atoms with Crippen molar-refractivity contribution in [2.75, 3.05) is 13.6 Å². The first-order valence-electron chi connectivity index (χ1n) is 4.48. The van der Waals surface area contributed by atoms with E-state index in [2.05, 4.69) is 26.6 Å². The Bertz CT molecular complexity index is 425. The van der Waals surface area contributed by atoms with Gasteiger partial charge in [-0.05, 0) is 40.3 Å². The highest BCUT2D eigenvalue weighted by molar-refractivity contribution is 9.10. The third-order valence-corrected chi connectivity index (χ3v) is 2.87. The van der Waals surface area contributed by atoms with Gasteiger partial charge >= 0.3 is 0 Å². The van der Waals surface area contributed by atoms with E-state index in [1.54, 1.807) is 13.1 Å². The van der Waals surface area contributed by atoms with Crippen LogP contribution in [0.25, 0.3) is 0 Å². The molecule has 0 radical (unpaired) electrons. The molecule has 0 heterocycles. The van der Waals surface area contributed by atoms with Gasteiger partial charge < -0.3 is 10.6 Å². The van der Waals surface area contributed by atoms with Gasteiger partial charge in [-0.1, -0.05) is 6.07 Å².